The number of benzene rings is 1. The number of aryl methyl sites for hydroxylation is 1. The van der Waals surface area contributed by atoms with Crippen LogP contribution in [0.15, 0.2) is 53.6 Å². The number of carbonyl (C=O) groups excluding carboxylic acids is 1. The Morgan fingerprint density at radius 1 is 1.19 bits per heavy atom. The summed E-state index contributed by atoms with van der Waals surface area (Å²) in [5, 5.41) is 18.0. The van der Waals surface area contributed by atoms with Gasteiger partial charge in [-0.3, -0.25) is 9.59 Å². The second-order valence-electron chi connectivity index (χ2n) is 6.77. The SMILES string of the molecule is O=C(Cc1ccccc1)Nc1ccn(CC[C@H](F)Cn2cc(C(=O)O)nn2)c(=O)c1F. The Hall–Kier alpha value is -3.89. The molecule has 1 aromatic carbocycles. The molecular formula is C20H19F2N5O4. The fourth-order valence-electron chi connectivity index (χ4n) is 2.85. The molecule has 0 aliphatic heterocycles. The first-order valence-electron chi connectivity index (χ1n) is 9.33. The van der Waals surface area contributed by atoms with Gasteiger partial charge in [-0.15, -0.1) is 5.10 Å². The smallest absolute Gasteiger partial charge is 0.358 e. The average Bonchev–Trinajstić information content (AvgIpc) is 3.20. The zero-order chi connectivity index (χ0) is 22.4. The van der Waals surface area contributed by atoms with Gasteiger partial charge in [0.25, 0.3) is 5.56 Å². The van der Waals surface area contributed by atoms with Crippen molar-refractivity contribution in [2.75, 3.05) is 5.32 Å². The van der Waals surface area contributed by atoms with E-state index in [9.17, 15) is 23.2 Å². The molecule has 2 heterocycles. The highest BCUT2D eigenvalue weighted by atomic mass is 19.1. The molecule has 0 saturated carbocycles. The van der Waals surface area contributed by atoms with Gasteiger partial charge in [0, 0.05) is 12.7 Å². The topological polar surface area (TPSA) is 119 Å². The number of nitrogens with one attached hydrogen (secondary N) is 1. The molecule has 0 aliphatic rings. The number of aromatic carboxylic acids is 1. The molecule has 1 atom stereocenters. The number of hydrogen-bond acceptors (Lipinski definition) is 5. The number of carboxylic acid groups (broad SMARTS) is 1. The molecular weight excluding hydrogens is 412 g/mol. The van der Waals surface area contributed by atoms with Gasteiger partial charge >= 0.3 is 5.97 Å². The van der Waals surface area contributed by atoms with Gasteiger partial charge < -0.3 is 15.0 Å². The van der Waals surface area contributed by atoms with E-state index in [2.05, 4.69) is 15.6 Å². The quantitative estimate of drug-likeness (QED) is 0.534. The molecule has 0 unspecified atom stereocenters. The van der Waals surface area contributed by atoms with Crippen molar-refractivity contribution in [1.29, 1.82) is 0 Å². The number of halogens is 2. The maximum Gasteiger partial charge on any atom is 0.358 e. The van der Waals surface area contributed by atoms with Crippen molar-refractivity contribution >= 4 is 17.6 Å². The Labute approximate surface area is 174 Å². The Balaban J connectivity index is 1.57. The molecule has 0 saturated heterocycles. The number of carboxylic acids is 1. The molecule has 0 fully saturated rings. The van der Waals surface area contributed by atoms with E-state index in [1.165, 1.54) is 12.3 Å². The molecule has 0 bridgehead atoms. The van der Waals surface area contributed by atoms with Gasteiger partial charge in [0.15, 0.2) is 5.69 Å². The lowest BCUT2D eigenvalue weighted by molar-refractivity contribution is -0.115. The molecule has 0 spiro atoms. The van der Waals surface area contributed by atoms with E-state index in [0.717, 1.165) is 21.0 Å². The third-order valence-electron chi connectivity index (χ3n) is 4.41. The summed E-state index contributed by atoms with van der Waals surface area (Å²) in [4.78, 5) is 35.0. The monoisotopic (exact) mass is 431 g/mol. The highest BCUT2D eigenvalue weighted by Crippen LogP contribution is 2.11. The minimum atomic E-state index is -1.47. The van der Waals surface area contributed by atoms with E-state index >= 15 is 0 Å². The third kappa shape index (κ3) is 5.81. The van der Waals surface area contributed by atoms with Gasteiger partial charge in [-0.05, 0) is 18.1 Å². The molecule has 2 N–H and O–H groups in total. The Morgan fingerprint density at radius 3 is 2.61 bits per heavy atom. The summed E-state index contributed by atoms with van der Waals surface area (Å²) in [5.74, 6) is -2.89. The Bertz CT molecular complexity index is 1130. The van der Waals surface area contributed by atoms with Crippen LogP contribution in [0, 0.1) is 5.82 Å². The lowest BCUT2D eigenvalue weighted by Gasteiger charge is -2.12. The first-order chi connectivity index (χ1) is 14.8. The largest absolute Gasteiger partial charge is 0.476 e. The second kappa shape index (κ2) is 9.74. The van der Waals surface area contributed by atoms with Crippen molar-refractivity contribution in [2.24, 2.45) is 0 Å². The lowest BCUT2D eigenvalue weighted by Crippen LogP contribution is -2.27. The highest BCUT2D eigenvalue weighted by molar-refractivity contribution is 5.92. The predicted octanol–water partition coefficient (Wildman–Crippen LogP) is 1.89. The Kier molecular flexibility index (Phi) is 6.85. The van der Waals surface area contributed by atoms with Crippen LogP contribution in [0.4, 0.5) is 14.5 Å². The van der Waals surface area contributed by atoms with E-state index in [1.54, 1.807) is 24.3 Å². The van der Waals surface area contributed by atoms with Crippen molar-refractivity contribution in [1.82, 2.24) is 19.6 Å². The van der Waals surface area contributed by atoms with Crippen molar-refractivity contribution in [3.63, 3.8) is 0 Å². The number of anilines is 1. The molecule has 3 rings (SSSR count). The van der Waals surface area contributed by atoms with Crippen LogP contribution in [0.3, 0.4) is 0 Å². The normalized spacial score (nSPS) is 11.8. The summed E-state index contributed by atoms with van der Waals surface area (Å²) in [5.41, 5.74) is -0.803. The van der Waals surface area contributed by atoms with Crippen molar-refractivity contribution < 1.29 is 23.5 Å². The summed E-state index contributed by atoms with van der Waals surface area (Å²) >= 11 is 0. The molecule has 162 valence electrons. The van der Waals surface area contributed by atoms with Crippen LogP contribution in [-0.2, 0) is 24.3 Å². The first kappa shape index (κ1) is 21.8. The van der Waals surface area contributed by atoms with Crippen LogP contribution >= 0.6 is 0 Å². The number of aromatic nitrogens is 4. The molecule has 31 heavy (non-hydrogen) atoms. The average molecular weight is 431 g/mol. The van der Waals surface area contributed by atoms with E-state index in [1.807, 2.05) is 6.07 Å². The fourth-order valence-corrected chi connectivity index (χ4v) is 2.85. The summed E-state index contributed by atoms with van der Waals surface area (Å²) in [7, 11) is 0. The van der Waals surface area contributed by atoms with E-state index in [4.69, 9.17) is 5.11 Å². The molecule has 1 amide bonds. The zero-order valence-corrected chi connectivity index (χ0v) is 16.2. The number of amides is 1. The van der Waals surface area contributed by atoms with E-state index in [-0.39, 0.29) is 37.3 Å². The highest BCUT2D eigenvalue weighted by Gasteiger charge is 2.16. The van der Waals surface area contributed by atoms with Crippen LogP contribution in [-0.4, -0.2) is 42.7 Å². The van der Waals surface area contributed by atoms with Crippen LogP contribution in [0.2, 0.25) is 0 Å². The summed E-state index contributed by atoms with van der Waals surface area (Å²) in [6.45, 7) is -0.374. The number of hydrogen-bond donors (Lipinski definition) is 2. The maximum atomic E-state index is 14.4. The van der Waals surface area contributed by atoms with E-state index in [0.29, 0.717) is 0 Å². The van der Waals surface area contributed by atoms with Gasteiger partial charge in [-0.25, -0.2) is 13.9 Å². The third-order valence-corrected chi connectivity index (χ3v) is 4.41. The summed E-state index contributed by atoms with van der Waals surface area (Å²) in [6.07, 6.45) is 0.783. The number of carbonyl (C=O) groups is 2. The maximum absolute atomic E-state index is 14.4. The van der Waals surface area contributed by atoms with E-state index < -0.39 is 29.4 Å². The minimum Gasteiger partial charge on any atom is -0.476 e. The number of rotatable bonds is 9. The van der Waals surface area contributed by atoms with Crippen molar-refractivity contribution in [3.05, 3.63) is 76.2 Å². The van der Waals surface area contributed by atoms with Gasteiger partial charge in [-0.2, -0.15) is 4.39 Å². The van der Waals surface area contributed by atoms with Crippen LogP contribution in [0.25, 0.3) is 0 Å². The van der Waals surface area contributed by atoms with Crippen LogP contribution < -0.4 is 10.9 Å². The predicted molar refractivity (Wildman–Crippen MR) is 106 cm³/mol. The molecule has 11 heteroatoms. The molecule has 0 radical (unpaired) electrons. The molecule has 0 aliphatic carbocycles. The summed E-state index contributed by atoms with van der Waals surface area (Å²) < 4.78 is 30.6. The summed E-state index contributed by atoms with van der Waals surface area (Å²) in [6, 6.07) is 10.1. The van der Waals surface area contributed by atoms with Crippen molar-refractivity contribution in [2.45, 2.75) is 32.1 Å². The molecule has 9 nitrogen and oxygen atoms in total. The first-order valence-corrected chi connectivity index (χ1v) is 9.33. The second-order valence-corrected chi connectivity index (χ2v) is 6.77. The van der Waals surface area contributed by atoms with Gasteiger partial charge in [0.1, 0.15) is 6.17 Å². The van der Waals surface area contributed by atoms with Crippen LogP contribution in [0.1, 0.15) is 22.5 Å². The van der Waals surface area contributed by atoms with Gasteiger partial charge in [0.05, 0.1) is 24.8 Å². The van der Waals surface area contributed by atoms with Crippen molar-refractivity contribution in [3.8, 4) is 0 Å². The fraction of sp³-hybridized carbons (Fsp3) is 0.250. The number of alkyl halides is 1. The number of nitrogens with zero attached hydrogens (tertiary/aromatic N) is 4. The van der Waals surface area contributed by atoms with Crippen LogP contribution in [0.5, 0.6) is 0 Å². The number of pyridine rings is 1. The zero-order valence-electron chi connectivity index (χ0n) is 16.2. The molecule has 2 aromatic heterocycles. The van der Waals surface area contributed by atoms with Gasteiger partial charge in [0.2, 0.25) is 11.7 Å². The lowest BCUT2D eigenvalue weighted by atomic mass is 10.1. The standard InChI is InChI=1S/C20H19F2N5O4/c21-14(11-27-12-16(20(30)31)24-25-27)6-8-26-9-7-15(18(22)19(26)29)23-17(28)10-13-4-2-1-3-5-13/h1-5,7,9,12,14H,6,8,10-11H2,(H,23,28)(H,30,31)/t14-/m0/s1. The van der Waals surface area contributed by atoms with Gasteiger partial charge in [-0.1, -0.05) is 35.5 Å². The minimum absolute atomic E-state index is 0.0266. The molecule has 3 aromatic rings. The Morgan fingerprint density at radius 2 is 1.94 bits per heavy atom.